The van der Waals surface area contributed by atoms with E-state index in [2.05, 4.69) is 0 Å². The summed E-state index contributed by atoms with van der Waals surface area (Å²) >= 11 is 5.65. The molecule has 2 aromatic carbocycles. The predicted octanol–water partition coefficient (Wildman–Crippen LogP) is 4.58. The van der Waals surface area contributed by atoms with Crippen LogP contribution in [0.1, 0.15) is 30.0 Å². The molecule has 0 fully saturated rings. The van der Waals surface area contributed by atoms with Gasteiger partial charge < -0.3 is 4.74 Å². The number of hydrogen-bond donors (Lipinski definition) is 0. The minimum atomic E-state index is -3.23. The first-order valence-corrected chi connectivity index (χ1v) is 10.6. The van der Waals surface area contributed by atoms with Gasteiger partial charge in [-0.2, -0.15) is 0 Å². The predicted molar refractivity (Wildman–Crippen MR) is 108 cm³/mol. The van der Waals surface area contributed by atoms with E-state index in [1.165, 1.54) is 6.26 Å². The molecule has 3 rings (SSSR count). The largest absolute Gasteiger partial charge is 0.497 e. The number of allylic oxidation sites excluding steroid dienone is 3. The topological polar surface area (TPSA) is 60.4 Å². The van der Waals surface area contributed by atoms with Crippen molar-refractivity contribution in [2.24, 2.45) is 0 Å². The minimum Gasteiger partial charge on any atom is -0.497 e. The second-order valence-corrected chi connectivity index (χ2v) is 8.88. The Morgan fingerprint density at radius 1 is 1.11 bits per heavy atom. The summed E-state index contributed by atoms with van der Waals surface area (Å²) in [5.74, 6) is 0.708. The van der Waals surface area contributed by atoms with Crippen molar-refractivity contribution >= 4 is 43.9 Å². The van der Waals surface area contributed by atoms with Gasteiger partial charge >= 0.3 is 0 Å². The highest BCUT2D eigenvalue weighted by Gasteiger charge is 2.25. The number of methoxy groups -OCH3 is 1. The molecule has 0 atom stereocenters. The van der Waals surface area contributed by atoms with E-state index in [1.54, 1.807) is 31.4 Å². The van der Waals surface area contributed by atoms with Gasteiger partial charge in [0.1, 0.15) is 5.75 Å². The molecule has 0 N–H and O–H groups in total. The lowest BCUT2D eigenvalue weighted by atomic mass is 10.0. The Morgan fingerprint density at radius 2 is 1.78 bits per heavy atom. The van der Waals surface area contributed by atoms with Gasteiger partial charge in [0.25, 0.3) is 0 Å². The first kappa shape index (κ1) is 19.4. The molecule has 0 amide bonds. The van der Waals surface area contributed by atoms with Gasteiger partial charge in [-0.15, -0.1) is 0 Å². The zero-order chi connectivity index (χ0) is 19.8. The fourth-order valence-corrected chi connectivity index (χ4v) is 4.00. The molecule has 0 bridgehead atoms. The molecule has 1 aliphatic rings. The van der Waals surface area contributed by atoms with Crippen molar-refractivity contribution in [1.29, 1.82) is 0 Å². The normalized spacial score (nSPS) is 15.2. The smallest absolute Gasteiger partial charge is 0.226 e. The fraction of sp³-hybridized carbons (Fsp3) is 0.190. The van der Waals surface area contributed by atoms with Crippen LogP contribution in [0.15, 0.2) is 52.9 Å². The molecule has 0 unspecified atom stereocenters. The number of benzene rings is 2. The van der Waals surface area contributed by atoms with Crippen molar-refractivity contribution < 1.29 is 17.9 Å². The first-order valence-electron chi connectivity index (χ1n) is 8.30. The first-order chi connectivity index (χ1) is 12.7. The van der Waals surface area contributed by atoms with Crippen molar-refractivity contribution in [3.8, 4) is 5.75 Å². The number of halogens is 1. The molecule has 0 aromatic heterocycles. The Kier molecular flexibility index (Phi) is 5.27. The van der Waals surface area contributed by atoms with Crippen LogP contribution in [-0.4, -0.2) is 27.0 Å². The Bertz CT molecular complexity index is 1080. The summed E-state index contributed by atoms with van der Waals surface area (Å²) < 4.78 is 28.6. The maximum atomic E-state index is 11.6. The molecule has 4 nitrogen and oxygen atoms in total. The van der Waals surface area contributed by atoms with E-state index in [9.17, 15) is 13.2 Å². The minimum absolute atomic E-state index is 0.137. The van der Waals surface area contributed by atoms with Crippen molar-refractivity contribution in [2.75, 3.05) is 13.4 Å². The van der Waals surface area contributed by atoms with E-state index >= 15 is 0 Å². The van der Waals surface area contributed by atoms with Gasteiger partial charge in [-0.25, -0.2) is 8.42 Å². The monoisotopic (exact) mass is 402 g/mol. The van der Waals surface area contributed by atoms with Crippen molar-refractivity contribution in [3.05, 3.63) is 64.7 Å². The van der Waals surface area contributed by atoms with Crippen LogP contribution in [0.25, 0.3) is 17.2 Å². The van der Waals surface area contributed by atoms with Gasteiger partial charge in [-0.1, -0.05) is 18.2 Å². The average molecular weight is 403 g/mol. The zero-order valence-corrected chi connectivity index (χ0v) is 16.8. The Balaban J connectivity index is 2.11. The average Bonchev–Trinajstić information content (AvgIpc) is 2.86. The van der Waals surface area contributed by atoms with Gasteiger partial charge in [0.15, 0.2) is 9.84 Å². The maximum Gasteiger partial charge on any atom is 0.226 e. The molecule has 0 saturated heterocycles. The molecule has 0 spiro atoms. The third-order valence-electron chi connectivity index (χ3n) is 4.63. The highest BCUT2D eigenvalue weighted by atomic mass is 35.5. The number of hydrogen-bond acceptors (Lipinski definition) is 4. The molecule has 2 aromatic rings. The van der Waals surface area contributed by atoms with E-state index in [1.807, 2.05) is 31.2 Å². The molecule has 0 heterocycles. The zero-order valence-electron chi connectivity index (χ0n) is 15.2. The van der Waals surface area contributed by atoms with Crippen LogP contribution in [0, 0.1) is 0 Å². The van der Waals surface area contributed by atoms with Crippen LogP contribution in [0.3, 0.4) is 0 Å². The van der Waals surface area contributed by atoms with Gasteiger partial charge in [-0.05, 0) is 82.3 Å². The standard InChI is InChI=1S/C21H19ClO4S/c1-13-18(10-14-4-7-16(8-5-14)27(3,24)25)17-9-6-15(26-2)11-20(17)19(13)12-21(22)23/h4-11H,12H2,1-3H3. The fourth-order valence-electron chi connectivity index (χ4n) is 3.23. The van der Waals surface area contributed by atoms with Gasteiger partial charge in [0, 0.05) is 12.7 Å². The Morgan fingerprint density at radius 3 is 2.33 bits per heavy atom. The lowest BCUT2D eigenvalue weighted by molar-refractivity contribution is -0.110. The van der Waals surface area contributed by atoms with Crippen LogP contribution in [0.2, 0.25) is 0 Å². The number of ether oxygens (including phenoxy) is 1. The van der Waals surface area contributed by atoms with Crippen molar-refractivity contribution in [1.82, 2.24) is 0 Å². The van der Waals surface area contributed by atoms with E-state index in [0.717, 1.165) is 33.4 Å². The molecular formula is C21H19ClO4S. The number of carbonyl (C=O) groups excluding carboxylic acids is 1. The van der Waals surface area contributed by atoms with E-state index in [4.69, 9.17) is 16.3 Å². The summed E-state index contributed by atoms with van der Waals surface area (Å²) in [6.45, 7) is 1.96. The molecule has 1 aliphatic carbocycles. The summed E-state index contributed by atoms with van der Waals surface area (Å²) in [4.78, 5) is 11.8. The highest BCUT2D eigenvalue weighted by Crippen LogP contribution is 2.45. The Hall–Kier alpha value is -2.37. The number of sulfone groups is 1. The molecule has 6 heteroatoms. The van der Waals surface area contributed by atoms with Gasteiger partial charge in [0.2, 0.25) is 5.24 Å². The molecule has 0 saturated carbocycles. The van der Waals surface area contributed by atoms with Crippen molar-refractivity contribution in [2.45, 2.75) is 18.2 Å². The molecule has 0 aliphatic heterocycles. The SMILES string of the molecule is COc1ccc2c(c1)C(CC(=O)Cl)=C(C)C2=Cc1ccc(S(C)(=O)=O)cc1. The van der Waals surface area contributed by atoms with Gasteiger partial charge in [-0.3, -0.25) is 4.79 Å². The third-order valence-corrected chi connectivity index (χ3v) is 5.90. The van der Waals surface area contributed by atoms with E-state index < -0.39 is 15.1 Å². The van der Waals surface area contributed by atoms with Crippen molar-refractivity contribution in [3.63, 3.8) is 0 Å². The Labute approximate surface area is 164 Å². The molecular weight excluding hydrogens is 384 g/mol. The van der Waals surface area contributed by atoms with E-state index in [0.29, 0.717) is 5.75 Å². The summed E-state index contributed by atoms with van der Waals surface area (Å²) in [5, 5.41) is -0.420. The van der Waals surface area contributed by atoms with Crippen LogP contribution in [0.4, 0.5) is 0 Å². The van der Waals surface area contributed by atoms with Crippen LogP contribution < -0.4 is 4.74 Å². The van der Waals surface area contributed by atoms with Crippen LogP contribution >= 0.6 is 11.6 Å². The third kappa shape index (κ3) is 3.99. The summed E-state index contributed by atoms with van der Waals surface area (Å²) in [7, 11) is -1.64. The second kappa shape index (κ2) is 7.33. The van der Waals surface area contributed by atoms with Gasteiger partial charge in [0.05, 0.1) is 12.0 Å². The summed E-state index contributed by atoms with van der Waals surface area (Å²) in [6.07, 6.45) is 3.31. The second-order valence-electron chi connectivity index (χ2n) is 6.45. The lowest BCUT2D eigenvalue weighted by Crippen LogP contribution is -1.96. The maximum absolute atomic E-state index is 11.6. The number of fused-ring (bicyclic) bond motifs is 1. The van der Waals surface area contributed by atoms with E-state index in [-0.39, 0.29) is 11.3 Å². The lowest BCUT2D eigenvalue weighted by Gasteiger charge is -2.07. The summed E-state index contributed by atoms with van der Waals surface area (Å²) in [6, 6.07) is 12.5. The number of rotatable bonds is 5. The summed E-state index contributed by atoms with van der Waals surface area (Å²) in [5.41, 5.74) is 5.63. The molecule has 140 valence electrons. The van der Waals surface area contributed by atoms with Crippen LogP contribution in [0.5, 0.6) is 5.75 Å². The molecule has 27 heavy (non-hydrogen) atoms. The van der Waals surface area contributed by atoms with Crippen LogP contribution in [-0.2, 0) is 14.6 Å². The highest BCUT2D eigenvalue weighted by molar-refractivity contribution is 7.90. The number of carbonyl (C=O) groups is 1. The molecule has 0 radical (unpaired) electrons. The quantitative estimate of drug-likeness (QED) is 0.686.